The Bertz CT molecular complexity index is 1050. The van der Waals surface area contributed by atoms with Crippen molar-refractivity contribution in [1.29, 1.82) is 0 Å². The van der Waals surface area contributed by atoms with E-state index in [1.807, 2.05) is 44.2 Å². The van der Waals surface area contributed by atoms with Crippen molar-refractivity contribution < 1.29 is 23.6 Å². The fourth-order valence-electron chi connectivity index (χ4n) is 3.78. The smallest absolute Gasteiger partial charge is 0.290 e. The van der Waals surface area contributed by atoms with Gasteiger partial charge in [-0.15, -0.1) is 0 Å². The van der Waals surface area contributed by atoms with Crippen LogP contribution < -0.4 is 0 Å². The van der Waals surface area contributed by atoms with Gasteiger partial charge in [0.25, 0.3) is 5.91 Å². The zero-order valence-electron chi connectivity index (χ0n) is 17.6. The number of aliphatic hydroxyl groups is 1. The molecule has 8 nitrogen and oxygen atoms in total. The summed E-state index contributed by atoms with van der Waals surface area (Å²) >= 11 is 0. The molecular weight excluding hydrogens is 398 g/mol. The lowest BCUT2D eigenvalue weighted by molar-refractivity contribution is -0.131. The summed E-state index contributed by atoms with van der Waals surface area (Å²) in [5, 5.41) is 14.4. The molecule has 0 aliphatic carbocycles. The van der Waals surface area contributed by atoms with E-state index in [4.69, 9.17) is 8.94 Å². The van der Waals surface area contributed by atoms with Crippen LogP contribution in [0.15, 0.2) is 51.4 Å². The van der Waals surface area contributed by atoms with Gasteiger partial charge in [0.1, 0.15) is 18.1 Å². The third kappa shape index (κ3) is 4.69. The van der Waals surface area contributed by atoms with Gasteiger partial charge in [-0.2, -0.15) is 0 Å². The van der Waals surface area contributed by atoms with E-state index in [-0.39, 0.29) is 31.3 Å². The maximum atomic E-state index is 13.0. The number of nitrogens with zero attached hydrogens (tertiary/aromatic N) is 3. The van der Waals surface area contributed by atoms with Gasteiger partial charge in [0.2, 0.25) is 5.91 Å². The Hall–Kier alpha value is -3.39. The lowest BCUT2D eigenvalue weighted by atomic mass is 10.1. The number of aromatic nitrogens is 1. The topological polar surface area (TPSA) is 100 Å². The van der Waals surface area contributed by atoms with Crippen LogP contribution in [0.4, 0.5) is 0 Å². The highest BCUT2D eigenvalue weighted by molar-refractivity contribution is 5.94. The molecule has 2 aromatic heterocycles. The van der Waals surface area contributed by atoms with Gasteiger partial charge >= 0.3 is 0 Å². The van der Waals surface area contributed by atoms with E-state index in [0.717, 1.165) is 16.8 Å². The second-order valence-electron chi connectivity index (χ2n) is 7.84. The number of hydrogen-bond acceptors (Lipinski definition) is 6. The summed E-state index contributed by atoms with van der Waals surface area (Å²) in [7, 11) is 0. The molecule has 1 aliphatic rings. The number of β-amino-alcohol motifs (C(OH)–C–C–N with tert-alkyl or cyclic N) is 1. The van der Waals surface area contributed by atoms with Gasteiger partial charge in [-0.1, -0.05) is 35.5 Å². The highest BCUT2D eigenvalue weighted by Crippen LogP contribution is 2.20. The third-order valence-electron chi connectivity index (χ3n) is 5.45. The van der Waals surface area contributed by atoms with Crippen molar-refractivity contribution in [1.82, 2.24) is 15.0 Å². The van der Waals surface area contributed by atoms with Gasteiger partial charge in [-0.25, -0.2) is 0 Å². The molecule has 0 radical (unpaired) electrons. The summed E-state index contributed by atoms with van der Waals surface area (Å²) in [4.78, 5) is 28.7. The molecule has 162 valence electrons. The van der Waals surface area contributed by atoms with Crippen LogP contribution >= 0.6 is 0 Å². The molecule has 2 amide bonds. The summed E-state index contributed by atoms with van der Waals surface area (Å²) in [5.74, 6) is 0.820. The number of benzene rings is 1. The first-order valence-electron chi connectivity index (χ1n) is 10.2. The first-order chi connectivity index (χ1) is 14.9. The van der Waals surface area contributed by atoms with Crippen molar-refractivity contribution in [3.05, 3.63) is 76.6 Å². The van der Waals surface area contributed by atoms with Crippen LogP contribution in [0.2, 0.25) is 0 Å². The van der Waals surface area contributed by atoms with Crippen LogP contribution in [0, 0.1) is 13.8 Å². The highest BCUT2D eigenvalue weighted by Gasteiger charge is 2.31. The molecule has 1 atom stereocenters. The van der Waals surface area contributed by atoms with Crippen molar-refractivity contribution in [3.63, 3.8) is 0 Å². The molecule has 31 heavy (non-hydrogen) atoms. The highest BCUT2D eigenvalue weighted by atomic mass is 16.5. The van der Waals surface area contributed by atoms with Gasteiger partial charge in [0.05, 0.1) is 11.8 Å². The average molecular weight is 423 g/mol. The predicted octanol–water partition coefficient (Wildman–Crippen LogP) is 2.32. The van der Waals surface area contributed by atoms with E-state index in [1.54, 1.807) is 17.0 Å². The Morgan fingerprint density at radius 1 is 1.16 bits per heavy atom. The Labute approximate surface area is 180 Å². The first kappa shape index (κ1) is 20.9. The maximum Gasteiger partial charge on any atom is 0.290 e. The Morgan fingerprint density at radius 2 is 1.94 bits per heavy atom. The van der Waals surface area contributed by atoms with Crippen molar-refractivity contribution in [2.45, 2.75) is 32.9 Å². The van der Waals surface area contributed by atoms with Gasteiger partial charge in [-0.3, -0.25) is 9.59 Å². The molecule has 8 heteroatoms. The van der Waals surface area contributed by atoms with E-state index in [2.05, 4.69) is 5.16 Å². The number of amides is 2. The van der Waals surface area contributed by atoms with Crippen molar-refractivity contribution in [2.75, 3.05) is 19.6 Å². The molecule has 0 saturated carbocycles. The lowest BCUT2D eigenvalue weighted by Gasteiger charge is -2.21. The molecule has 1 unspecified atom stereocenters. The Morgan fingerprint density at radius 3 is 2.65 bits per heavy atom. The Kier molecular flexibility index (Phi) is 5.90. The molecule has 1 aromatic carbocycles. The SMILES string of the molecule is Cc1noc(C)c1Cc1ccc(C(=O)N2CC(=O)N(Cc3ccccc3)CC(O)C2)o1. The normalized spacial score (nSPS) is 17.1. The van der Waals surface area contributed by atoms with Crippen molar-refractivity contribution in [3.8, 4) is 0 Å². The molecule has 0 bridgehead atoms. The quantitative estimate of drug-likeness (QED) is 0.676. The van der Waals surface area contributed by atoms with E-state index in [9.17, 15) is 14.7 Å². The van der Waals surface area contributed by atoms with E-state index in [0.29, 0.717) is 24.5 Å². The molecule has 4 rings (SSSR count). The third-order valence-corrected chi connectivity index (χ3v) is 5.45. The lowest BCUT2D eigenvalue weighted by Crippen LogP contribution is -2.39. The minimum Gasteiger partial charge on any atom is -0.456 e. The van der Waals surface area contributed by atoms with Gasteiger partial charge < -0.3 is 23.8 Å². The van der Waals surface area contributed by atoms with E-state index in [1.165, 1.54) is 4.90 Å². The molecule has 1 N–H and O–H groups in total. The number of hydrogen-bond donors (Lipinski definition) is 1. The fourth-order valence-corrected chi connectivity index (χ4v) is 3.78. The number of aryl methyl sites for hydroxylation is 2. The number of carbonyl (C=O) groups is 2. The van der Waals surface area contributed by atoms with Crippen LogP contribution in [-0.4, -0.2) is 57.6 Å². The van der Waals surface area contributed by atoms with Crippen LogP contribution in [0.1, 0.15) is 38.9 Å². The van der Waals surface area contributed by atoms with Crippen LogP contribution in [0.3, 0.4) is 0 Å². The Balaban J connectivity index is 1.45. The van der Waals surface area contributed by atoms with Crippen LogP contribution in [0.25, 0.3) is 0 Å². The minimum absolute atomic E-state index is 0.0652. The zero-order chi connectivity index (χ0) is 22.0. The number of aliphatic hydroxyl groups excluding tert-OH is 1. The molecular formula is C23H25N3O5. The summed E-state index contributed by atoms with van der Waals surface area (Å²) < 4.78 is 10.9. The minimum atomic E-state index is -0.837. The summed E-state index contributed by atoms with van der Waals surface area (Å²) in [6.07, 6.45) is -0.378. The van der Waals surface area contributed by atoms with Crippen LogP contribution in [0.5, 0.6) is 0 Å². The second kappa shape index (κ2) is 8.77. The van der Waals surface area contributed by atoms with Crippen molar-refractivity contribution >= 4 is 11.8 Å². The van der Waals surface area contributed by atoms with E-state index >= 15 is 0 Å². The standard InChI is InChI=1S/C23H25N3O5/c1-15-20(16(2)31-24-15)10-19-8-9-21(30-19)23(29)26-13-18(27)12-25(22(28)14-26)11-17-6-4-3-5-7-17/h3-9,18,27H,10-14H2,1-2H3. The molecule has 0 spiro atoms. The first-order valence-corrected chi connectivity index (χ1v) is 10.2. The zero-order valence-corrected chi connectivity index (χ0v) is 17.6. The second-order valence-corrected chi connectivity index (χ2v) is 7.84. The van der Waals surface area contributed by atoms with Crippen LogP contribution in [-0.2, 0) is 17.8 Å². The van der Waals surface area contributed by atoms with Crippen molar-refractivity contribution in [2.24, 2.45) is 0 Å². The summed E-state index contributed by atoms with van der Waals surface area (Å²) in [6, 6.07) is 12.9. The van der Waals surface area contributed by atoms with E-state index < -0.39 is 12.0 Å². The van der Waals surface area contributed by atoms with Gasteiger partial charge in [-0.05, 0) is 31.5 Å². The largest absolute Gasteiger partial charge is 0.456 e. The molecule has 1 fully saturated rings. The predicted molar refractivity (Wildman–Crippen MR) is 111 cm³/mol. The molecule has 3 heterocycles. The molecule has 3 aromatic rings. The summed E-state index contributed by atoms with van der Waals surface area (Å²) in [5.41, 5.74) is 2.67. The molecule has 1 aliphatic heterocycles. The van der Waals surface area contributed by atoms with Gasteiger partial charge in [0, 0.05) is 31.6 Å². The van der Waals surface area contributed by atoms with Gasteiger partial charge in [0.15, 0.2) is 5.76 Å². The monoisotopic (exact) mass is 423 g/mol. The number of carbonyl (C=O) groups excluding carboxylic acids is 2. The number of rotatable bonds is 5. The average Bonchev–Trinajstić information content (AvgIpc) is 3.31. The fraction of sp³-hybridized carbons (Fsp3) is 0.348. The number of furan rings is 1. The maximum absolute atomic E-state index is 13.0. The summed E-state index contributed by atoms with van der Waals surface area (Å²) in [6.45, 7) is 4.20. The molecule has 1 saturated heterocycles.